The van der Waals surface area contributed by atoms with E-state index in [1.54, 1.807) is 12.1 Å². The highest BCUT2D eigenvalue weighted by molar-refractivity contribution is 9.10. The summed E-state index contributed by atoms with van der Waals surface area (Å²) in [6.45, 7) is 0.740. The first kappa shape index (κ1) is 14.3. The van der Waals surface area contributed by atoms with Crippen LogP contribution in [0.4, 0.5) is 0 Å². The van der Waals surface area contributed by atoms with Crippen LogP contribution >= 0.6 is 15.9 Å². The molecule has 0 aromatic heterocycles. The predicted octanol–water partition coefficient (Wildman–Crippen LogP) is 2.29. The SMILES string of the molecule is O=C(NCC1CCCC1CO)c1ccc(Br)cc1O. The number of carbonyl (C=O) groups excluding carboxylic acids is 1. The molecule has 0 radical (unpaired) electrons. The molecule has 1 aromatic rings. The van der Waals surface area contributed by atoms with Gasteiger partial charge in [0, 0.05) is 17.6 Å². The van der Waals surface area contributed by atoms with Gasteiger partial charge in [0.15, 0.2) is 0 Å². The van der Waals surface area contributed by atoms with E-state index in [9.17, 15) is 15.0 Å². The van der Waals surface area contributed by atoms with Gasteiger partial charge in [-0.2, -0.15) is 0 Å². The molecule has 0 spiro atoms. The van der Waals surface area contributed by atoms with Crippen LogP contribution in [0.15, 0.2) is 22.7 Å². The maximum atomic E-state index is 12.0. The Balaban J connectivity index is 1.94. The largest absolute Gasteiger partial charge is 0.507 e. The van der Waals surface area contributed by atoms with Gasteiger partial charge in [-0.1, -0.05) is 22.4 Å². The second-order valence-corrected chi connectivity index (χ2v) is 5.92. The Morgan fingerprint density at radius 3 is 2.79 bits per heavy atom. The Kier molecular flexibility index (Phi) is 4.82. The molecule has 5 heteroatoms. The van der Waals surface area contributed by atoms with E-state index in [0.29, 0.717) is 18.4 Å². The molecule has 0 heterocycles. The van der Waals surface area contributed by atoms with E-state index in [-0.39, 0.29) is 23.8 Å². The molecule has 0 saturated heterocycles. The molecule has 1 aliphatic carbocycles. The number of carbonyl (C=O) groups is 1. The summed E-state index contributed by atoms with van der Waals surface area (Å²) in [5, 5.41) is 21.8. The molecule has 0 aliphatic heterocycles. The Morgan fingerprint density at radius 2 is 2.11 bits per heavy atom. The van der Waals surface area contributed by atoms with Crippen molar-refractivity contribution in [3.8, 4) is 5.75 Å². The highest BCUT2D eigenvalue weighted by atomic mass is 79.9. The van der Waals surface area contributed by atoms with E-state index in [1.807, 2.05) is 0 Å². The van der Waals surface area contributed by atoms with Crippen LogP contribution in [-0.2, 0) is 0 Å². The number of phenols is 1. The highest BCUT2D eigenvalue weighted by Gasteiger charge is 2.27. The lowest BCUT2D eigenvalue weighted by molar-refractivity contribution is 0.0935. The summed E-state index contributed by atoms with van der Waals surface area (Å²) in [5.74, 6) is 0.330. The van der Waals surface area contributed by atoms with Crippen LogP contribution in [0, 0.1) is 11.8 Å². The average molecular weight is 328 g/mol. The molecule has 1 amide bonds. The number of benzene rings is 1. The van der Waals surface area contributed by atoms with Crippen LogP contribution in [0.3, 0.4) is 0 Å². The third kappa shape index (κ3) is 3.48. The fraction of sp³-hybridized carbons (Fsp3) is 0.500. The molecule has 3 N–H and O–H groups in total. The molecule has 4 nitrogen and oxygen atoms in total. The quantitative estimate of drug-likeness (QED) is 0.794. The number of halogens is 1. The van der Waals surface area contributed by atoms with E-state index in [0.717, 1.165) is 23.7 Å². The maximum absolute atomic E-state index is 12.0. The topological polar surface area (TPSA) is 69.6 Å². The molecule has 1 aliphatic rings. The monoisotopic (exact) mass is 327 g/mol. The second kappa shape index (κ2) is 6.39. The fourth-order valence-electron chi connectivity index (χ4n) is 2.64. The number of phenolic OH excluding ortho intramolecular Hbond substituents is 1. The number of amides is 1. The number of rotatable bonds is 4. The lowest BCUT2D eigenvalue weighted by Crippen LogP contribution is -2.31. The molecular weight excluding hydrogens is 310 g/mol. The van der Waals surface area contributed by atoms with Gasteiger partial charge in [0.2, 0.25) is 0 Å². The molecule has 1 saturated carbocycles. The van der Waals surface area contributed by atoms with Crippen molar-refractivity contribution in [2.75, 3.05) is 13.2 Å². The van der Waals surface area contributed by atoms with E-state index in [2.05, 4.69) is 21.2 Å². The van der Waals surface area contributed by atoms with Crippen molar-refractivity contribution in [2.45, 2.75) is 19.3 Å². The average Bonchev–Trinajstić information content (AvgIpc) is 2.83. The van der Waals surface area contributed by atoms with Crippen molar-refractivity contribution in [1.82, 2.24) is 5.32 Å². The van der Waals surface area contributed by atoms with Crippen LogP contribution in [0.25, 0.3) is 0 Å². The summed E-state index contributed by atoms with van der Waals surface area (Å²) in [5.41, 5.74) is 0.279. The maximum Gasteiger partial charge on any atom is 0.255 e. The number of hydrogen-bond donors (Lipinski definition) is 3. The summed E-state index contributed by atoms with van der Waals surface area (Å²) in [7, 11) is 0. The molecule has 2 unspecified atom stereocenters. The number of aliphatic hydroxyl groups is 1. The normalized spacial score (nSPS) is 22.4. The van der Waals surface area contributed by atoms with Gasteiger partial charge in [0.05, 0.1) is 5.56 Å². The Hall–Kier alpha value is -1.07. The summed E-state index contributed by atoms with van der Waals surface area (Å²) in [6.07, 6.45) is 3.17. The van der Waals surface area contributed by atoms with Gasteiger partial charge in [-0.25, -0.2) is 0 Å². The van der Waals surface area contributed by atoms with Gasteiger partial charge in [-0.05, 0) is 42.9 Å². The van der Waals surface area contributed by atoms with Gasteiger partial charge < -0.3 is 15.5 Å². The van der Waals surface area contributed by atoms with Gasteiger partial charge in [0.25, 0.3) is 5.91 Å². The molecular formula is C14H18BrNO3. The van der Waals surface area contributed by atoms with E-state index in [4.69, 9.17) is 0 Å². The van der Waals surface area contributed by atoms with E-state index >= 15 is 0 Å². The van der Waals surface area contributed by atoms with Crippen molar-refractivity contribution in [2.24, 2.45) is 11.8 Å². The molecule has 1 fully saturated rings. The minimum Gasteiger partial charge on any atom is -0.507 e. The standard InChI is InChI=1S/C14H18BrNO3/c15-11-4-5-12(13(18)6-11)14(19)16-7-9-2-1-3-10(9)8-17/h4-6,9-10,17-18H,1-3,7-8H2,(H,16,19). The first-order valence-corrected chi connectivity index (χ1v) is 7.28. The molecule has 19 heavy (non-hydrogen) atoms. The zero-order valence-electron chi connectivity index (χ0n) is 10.6. The predicted molar refractivity (Wildman–Crippen MR) is 76.1 cm³/mol. The minimum atomic E-state index is -0.270. The fourth-order valence-corrected chi connectivity index (χ4v) is 2.99. The third-order valence-electron chi connectivity index (χ3n) is 3.78. The van der Waals surface area contributed by atoms with Gasteiger partial charge in [-0.3, -0.25) is 4.79 Å². The van der Waals surface area contributed by atoms with Crippen molar-refractivity contribution >= 4 is 21.8 Å². The lowest BCUT2D eigenvalue weighted by atomic mass is 9.97. The van der Waals surface area contributed by atoms with Gasteiger partial charge >= 0.3 is 0 Å². The first-order chi connectivity index (χ1) is 9.11. The molecule has 2 atom stereocenters. The lowest BCUT2D eigenvalue weighted by Gasteiger charge is -2.18. The van der Waals surface area contributed by atoms with Crippen molar-refractivity contribution < 1.29 is 15.0 Å². The Labute approximate surface area is 121 Å². The van der Waals surface area contributed by atoms with Gasteiger partial charge in [-0.15, -0.1) is 0 Å². The number of aliphatic hydroxyl groups excluding tert-OH is 1. The number of nitrogens with one attached hydrogen (secondary N) is 1. The van der Waals surface area contributed by atoms with Crippen molar-refractivity contribution in [3.05, 3.63) is 28.2 Å². The van der Waals surface area contributed by atoms with Crippen LogP contribution in [0.2, 0.25) is 0 Å². The molecule has 0 bridgehead atoms. The van der Waals surface area contributed by atoms with E-state index in [1.165, 1.54) is 6.07 Å². The van der Waals surface area contributed by atoms with Crippen LogP contribution < -0.4 is 5.32 Å². The smallest absolute Gasteiger partial charge is 0.255 e. The zero-order valence-corrected chi connectivity index (χ0v) is 12.2. The minimum absolute atomic E-state index is 0.0306. The summed E-state index contributed by atoms with van der Waals surface area (Å²) >= 11 is 3.24. The van der Waals surface area contributed by atoms with Crippen molar-refractivity contribution in [1.29, 1.82) is 0 Å². The number of hydrogen-bond acceptors (Lipinski definition) is 3. The third-order valence-corrected chi connectivity index (χ3v) is 4.27. The molecule has 2 rings (SSSR count). The Morgan fingerprint density at radius 1 is 1.37 bits per heavy atom. The zero-order chi connectivity index (χ0) is 13.8. The second-order valence-electron chi connectivity index (χ2n) is 5.01. The van der Waals surface area contributed by atoms with Crippen LogP contribution in [0.1, 0.15) is 29.6 Å². The summed E-state index contributed by atoms with van der Waals surface area (Å²) in [4.78, 5) is 12.0. The summed E-state index contributed by atoms with van der Waals surface area (Å²) < 4.78 is 0.734. The first-order valence-electron chi connectivity index (χ1n) is 6.49. The molecule has 104 valence electrons. The van der Waals surface area contributed by atoms with E-state index < -0.39 is 0 Å². The number of aromatic hydroxyl groups is 1. The highest BCUT2D eigenvalue weighted by Crippen LogP contribution is 2.30. The van der Waals surface area contributed by atoms with Crippen molar-refractivity contribution in [3.63, 3.8) is 0 Å². The molecule has 1 aromatic carbocycles. The van der Waals surface area contributed by atoms with Crippen LogP contribution in [-0.4, -0.2) is 29.3 Å². The Bertz CT molecular complexity index is 464. The summed E-state index contributed by atoms with van der Waals surface area (Å²) in [6, 6.07) is 4.81. The van der Waals surface area contributed by atoms with Gasteiger partial charge in [0.1, 0.15) is 5.75 Å². The van der Waals surface area contributed by atoms with Crippen LogP contribution in [0.5, 0.6) is 5.75 Å².